The molecule has 1 aromatic rings. The van der Waals surface area contributed by atoms with Crippen LogP contribution in [0.4, 0.5) is 0 Å². The van der Waals surface area contributed by atoms with E-state index in [4.69, 9.17) is 5.73 Å². The summed E-state index contributed by atoms with van der Waals surface area (Å²) in [5, 5.41) is 0. The van der Waals surface area contributed by atoms with Crippen LogP contribution < -0.4 is 5.73 Å². The Kier molecular flexibility index (Phi) is 3.20. The Morgan fingerprint density at radius 2 is 1.71 bits per heavy atom. The largest absolute Gasteiger partial charge is 0.328 e. The van der Waals surface area contributed by atoms with Crippen LogP contribution in [0, 0.1) is 0 Å². The number of hydrogen-bond donors (Lipinski definition) is 1. The van der Waals surface area contributed by atoms with Gasteiger partial charge >= 0.3 is 0 Å². The van der Waals surface area contributed by atoms with Gasteiger partial charge in [-0.3, -0.25) is 0 Å². The van der Waals surface area contributed by atoms with Gasteiger partial charge in [-0.15, -0.1) is 0 Å². The maximum atomic E-state index is 5.98. The third-order valence-corrected chi connectivity index (χ3v) is 3.28. The highest BCUT2D eigenvalue weighted by atomic mass is 14.6. The molecule has 1 aliphatic carbocycles. The van der Waals surface area contributed by atoms with E-state index in [1.165, 1.54) is 37.7 Å². The van der Waals surface area contributed by atoms with Crippen molar-refractivity contribution < 1.29 is 0 Å². The molecule has 2 rings (SSSR count). The third-order valence-electron chi connectivity index (χ3n) is 3.28. The fourth-order valence-electron chi connectivity index (χ4n) is 2.39. The molecule has 2 atom stereocenters. The van der Waals surface area contributed by atoms with Crippen LogP contribution in [0.25, 0.3) is 0 Å². The quantitative estimate of drug-likeness (QED) is 0.675. The van der Waals surface area contributed by atoms with Crippen LogP contribution in [0.2, 0.25) is 0 Å². The van der Waals surface area contributed by atoms with Gasteiger partial charge in [0.1, 0.15) is 0 Å². The molecule has 0 spiro atoms. The van der Waals surface area contributed by atoms with Crippen LogP contribution in [-0.2, 0) is 0 Å². The van der Waals surface area contributed by atoms with Gasteiger partial charge in [0.15, 0.2) is 0 Å². The normalized spacial score (nSPS) is 28.4. The minimum Gasteiger partial charge on any atom is -0.328 e. The first kappa shape index (κ1) is 9.72. The minimum absolute atomic E-state index is 0.448. The van der Waals surface area contributed by atoms with Gasteiger partial charge in [-0.05, 0) is 37.2 Å². The maximum Gasteiger partial charge on any atom is 0.00390 e. The third kappa shape index (κ3) is 2.36. The molecule has 1 saturated carbocycles. The van der Waals surface area contributed by atoms with Gasteiger partial charge in [-0.1, -0.05) is 36.8 Å². The Bertz CT molecular complexity index is 268. The van der Waals surface area contributed by atoms with E-state index >= 15 is 0 Å². The average Bonchev–Trinajstić information content (AvgIpc) is 2.44. The molecule has 0 bridgehead atoms. The molecule has 1 aromatic carbocycles. The second-order valence-electron chi connectivity index (χ2n) is 4.38. The average molecular weight is 189 g/mol. The molecule has 2 N–H and O–H groups in total. The number of benzene rings is 1. The van der Waals surface area contributed by atoms with E-state index in [2.05, 4.69) is 30.3 Å². The highest BCUT2D eigenvalue weighted by Crippen LogP contribution is 2.30. The molecule has 0 unspecified atom stereocenters. The van der Waals surface area contributed by atoms with Gasteiger partial charge < -0.3 is 5.73 Å². The summed E-state index contributed by atoms with van der Waals surface area (Å²) < 4.78 is 0. The molecule has 1 heteroatoms. The van der Waals surface area contributed by atoms with Crippen LogP contribution in [0.3, 0.4) is 0 Å². The zero-order chi connectivity index (χ0) is 9.80. The maximum absolute atomic E-state index is 5.98. The van der Waals surface area contributed by atoms with E-state index in [1.54, 1.807) is 0 Å². The van der Waals surface area contributed by atoms with E-state index in [0.717, 1.165) is 5.92 Å². The summed E-state index contributed by atoms with van der Waals surface area (Å²) in [4.78, 5) is 0. The second kappa shape index (κ2) is 4.61. The van der Waals surface area contributed by atoms with Gasteiger partial charge in [0, 0.05) is 6.04 Å². The summed E-state index contributed by atoms with van der Waals surface area (Å²) in [6.07, 6.45) is 6.28. The van der Waals surface area contributed by atoms with Crippen molar-refractivity contribution in [2.75, 3.05) is 0 Å². The zero-order valence-corrected chi connectivity index (χ0v) is 8.65. The molecule has 0 radical (unpaired) electrons. The lowest BCUT2D eigenvalue weighted by Crippen LogP contribution is -2.17. The molecule has 14 heavy (non-hydrogen) atoms. The number of rotatable bonds is 1. The monoisotopic (exact) mass is 189 g/mol. The molecule has 0 amide bonds. The van der Waals surface area contributed by atoms with Gasteiger partial charge in [-0.25, -0.2) is 0 Å². The van der Waals surface area contributed by atoms with E-state index in [-0.39, 0.29) is 0 Å². The minimum atomic E-state index is 0.448. The van der Waals surface area contributed by atoms with Crippen molar-refractivity contribution >= 4 is 0 Å². The Morgan fingerprint density at radius 1 is 0.929 bits per heavy atom. The van der Waals surface area contributed by atoms with E-state index in [1.807, 2.05) is 0 Å². The van der Waals surface area contributed by atoms with Crippen molar-refractivity contribution in [3.63, 3.8) is 0 Å². The van der Waals surface area contributed by atoms with Crippen molar-refractivity contribution in [1.29, 1.82) is 0 Å². The predicted molar refractivity (Wildman–Crippen MR) is 60.2 cm³/mol. The van der Waals surface area contributed by atoms with E-state index in [9.17, 15) is 0 Å². The molecule has 76 valence electrons. The first-order valence-corrected chi connectivity index (χ1v) is 5.67. The fourth-order valence-corrected chi connectivity index (χ4v) is 2.39. The Morgan fingerprint density at radius 3 is 2.50 bits per heavy atom. The van der Waals surface area contributed by atoms with Crippen LogP contribution in [0.1, 0.15) is 43.6 Å². The van der Waals surface area contributed by atoms with Crippen molar-refractivity contribution in [2.24, 2.45) is 5.73 Å². The molecule has 1 aliphatic rings. The van der Waals surface area contributed by atoms with Crippen LogP contribution in [-0.4, -0.2) is 6.04 Å². The number of nitrogens with two attached hydrogens (primary N) is 1. The first-order chi connectivity index (χ1) is 6.86. The molecule has 0 aromatic heterocycles. The summed E-state index contributed by atoms with van der Waals surface area (Å²) in [5.74, 6) is 0.754. The zero-order valence-electron chi connectivity index (χ0n) is 8.65. The first-order valence-electron chi connectivity index (χ1n) is 5.67. The highest BCUT2D eigenvalue weighted by molar-refractivity contribution is 5.19. The molecule has 0 heterocycles. The predicted octanol–water partition coefficient (Wildman–Crippen LogP) is 3.06. The smallest absolute Gasteiger partial charge is 0.00390 e. The fraction of sp³-hybridized carbons (Fsp3) is 0.538. The molecular formula is C13H19N. The van der Waals surface area contributed by atoms with Crippen LogP contribution >= 0.6 is 0 Å². The number of hydrogen-bond acceptors (Lipinski definition) is 1. The Hall–Kier alpha value is -0.820. The molecule has 0 saturated heterocycles. The molecule has 1 nitrogen and oxygen atoms in total. The second-order valence-corrected chi connectivity index (χ2v) is 4.38. The van der Waals surface area contributed by atoms with Gasteiger partial charge in [0.25, 0.3) is 0 Å². The van der Waals surface area contributed by atoms with Crippen LogP contribution in [0.5, 0.6) is 0 Å². The topological polar surface area (TPSA) is 26.0 Å². The van der Waals surface area contributed by atoms with Crippen LogP contribution in [0.15, 0.2) is 30.3 Å². The molecular weight excluding hydrogens is 170 g/mol. The lowest BCUT2D eigenvalue weighted by Gasteiger charge is -2.14. The van der Waals surface area contributed by atoms with E-state index < -0.39 is 0 Å². The summed E-state index contributed by atoms with van der Waals surface area (Å²) in [5.41, 5.74) is 7.48. The van der Waals surface area contributed by atoms with Gasteiger partial charge in [-0.2, -0.15) is 0 Å². The Labute approximate surface area is 86.3 Å². The van der Waals surface area contributed by atoms with E-state index in [0.29, 0.717) is 6.04 Å². The lowest BCUT2D eigenvalue weighted by molar-refractivity contribution is 0.568. The molecule has 1 fully saturated rings. The van der Waals surface area contributed by atoms with Crippen molar-refractivity contribution in [1.82, 2.24) is 0 Å². The lowest BCUT2D eigenvalue weighted by atomic mass is 9.92. The van der Waals surface area contributed by atoms with Crippen molar-refractivity contribution in [3.8, 4) is 0 Å². The van der Waals surface area contributed by atoms with Gasteiger partial charge in [0.05, 0.1) is 0 Å². The van der Waals surface area contributed by atoms with Crippen molar-refractivity contribution in [2.45, 2.75) is 44.1 Å². The summed E-state index contributed by atoms with van der Waals surface area (Å²) in [7, 11) is 0. The van der Waals surface area contributed by atoms with Gasteiger partial charge in [0.2, 0.25) is 0 Å². The summed E-state index contributed by atoms with van der Waals surface area (Å²) >= 11 is 0. The highest BCUT2D eigenvalue weighted by Gasteiger charge is 2.17. The van der Waals surface area contributed by atoms with Crippen molar-refractivity contribution in [3.05, 3.63) is 35.9 Å². The Balaban J connectivity index is 2.04. The summed E-state index contributed by atoms with van der Waals surface area (Å²) in [6, 6.07) is 11.3. The standard InChI is InChI=1S/C13H19N/c14-13-8-4-7-12(9-10-13)11-5-2-1-3-6-11/h1-3,5-6,12-13H,4,7-10,14H2/t12-,13-/m0/s1. The summed E-state index contributed by atoms with van der Waals surface area (Å²) in [6.45, 7) is 0. The molecule has 0 aliphatic heterocycles. The SMILES string of the molecule is N[C@H]1CCC[C@H](c2ccccc2)CC1.